The van der Waals surface area contributed by atoms with Crippen molar-refractivity contribution in [1.29, 1.82) is 0 Å². The van der Waals surface area contributed by atoms with Crippen LogP contribution >= 0.6 is 0 Å². The molecule has 1 rings (SSSR count). The van der Waals surface area contributed by atoms with Crippen LogP contribution in [0.2, 0.25) is 0 Å². The minimum Gasteiger partial charge on any atom is -0.354 e. The smallest absolute Gasteiger partial charge is 0.224 e. The lowest BCUT2D eigenvalue weighted by Crippen LogP contribution is -2.47. The minimum atomic E-state index is -3.16. The van der Waals surface area contributed by atoms with E-state index < -0.39 is 14.6 Å². The molecule has 17 heavy (non-hydrogen) atoms. The van der Waals surface area contributed by atoms with Crippen LogP contribution in [-0.2, 0) is 14.6 Å². The van der Waals surface area contributed by atoms with Crippen LogP contribution < -0.4 is 10.6 Å². The Labute approximate surface area is 103 Å². The topological polar surface area (TPSA) is 75.3 Å². The summed E-state index contributed by atoms with van der Waals surface area (Å²) >= 11 is 0. The third-order valence-corrected chi connectivity index (χ3v) is 5.51. The Morgan fingerprint density at radius 2 is 2.12 bits per heavy atom. The predicted octanol–water partition coefficient (Wildman–Crippen LogP) is -0.0746. The SMILES string of the molecule is CC(C)(CNC(=O)[C@H]1CCCNC1)S(C)(=O)=O. The molecule has 0 aromatic rings. The highest BCUT2D eigenvalue weighted by atomic mass is 32.2. The van der Waals surface area contributed by atoms with Gasteiger partial charge >= 0.3 is 0 Å². The van der Waals surface area contributed by atoms with Crippen molar-refractivity contribution < 1.29 is 13.2 Å². The summed E-state index contributed by atoms with van der Waals surface area (Å²) in [6.45, 7) is 5.06. The van der Waals surface area contributed by atoms with Gasteiger partial charge in [0.1, 0.15) is 0 Å². The van der Waals surface area contributed by atoms with Gasteiger partial charge in [-0.15, -0.1) is 0 Å². The average Bonchev–Trinajstić information content (AvgIpc) is 2.25. The first-order chi connectivity index (χ1) is 7.74. The Morgan fingerprint density at radius 1 is 1.47 bits per heavy atom. The van der Waals surface area contributed by atoms with E-state index in [1.54, 1.807) is 13.8 Å². The lowest BCUT2D eigenvalue weighted by molar-refractivity contribution is -0.125. The number of hydrogen-bond acceptors (Lipinski definition) is 4. The molecule has 1 saturated heterocycles. The summed E-state index contributed by atoms with van der Waals surface area (Å²) < 4.78 is 22.0. The maximum atomic E-state index is 11.8. The second-order valence-electron chi connectivity index (χ2n) is 5.29. The van der Waals surface area contributed by atoms with Crippen LogP contribution in [-0.4, -0.2) is 45.0 Å². The van der Waals surface area contributed by atoms with E-state index in [4.69, 9.17) is 0 Å². The van der Waals surface area contributed by atoms with Crippen molar-refractivity contribution in [2.24, 2.45) is 5.92 Å². The van der Waals surface area contributed by atoms with Gasteiger partial charge in [-0.1, -0.05) is 0 Å². The summed E-state index contributed by atoms with van der Waals surface area (Å²) in [6.07, 6.45) is 3.06. The molecule has 1 heterocycles. The van der Waals surface area contributed by atoms with Crippen LogP contribution in [0.15, 0.2) is 0 Å². The molecule has 5 nitrogen and oxygen atoms in total. The Kier molecular flexibility index (Phi) is 4.55. The van der Waals surface area contributed by atoms with Crippen LogP contribution in [0.1, 0.15) is 26.7 Å². The van der Waals surface area contributed by atoms with E-state index in [0.29, 0.717) is 6.54 Å². The standard InChI is InChI=1S/C11H22N2O3S/c1-11(2,17(3,15)16)8-13-10(14)9-5-4-6-12-7-9/h9,12H,4-8H2,1-3H3,(H,13,14)/t9-/m0/s1. The number of piperidine rings is 1. The summed E-state index contributed by atoms with van der Waals surface area (Å²) in [6, 6.07) is 0. The van der Waals surface area contributed by atoms with E-state index in [1.807, 2.05) is 0 Å². The molecule has 0 saturated carbocycles. The first kappa shape index (κ1) is 14.4. The largest absolute Gasteiger partial charge is 0.354 e. The van der Waals surface area contributed by atoms with E-state index in [1.165, 1.54) is 6.26 Å². The molecule has 6 heteroatoms. The molecule has 0 unspecified atom stereocenters. The monoisotopic (exact) mass is 262 g/mol. The fraction of sp³-hybridized carbons (Fsp3) is 0.909. The molecule has 1 aliphatic rings. The highest BCUT2D eigenvalue weighted by Gasteiger charge is 2.31. The van der Waals surface area contributed by atoms with Crippen LogP contribution in [0.4, 0.5) is 0 Å². The Hall–Kier alpha value is -0.620. The number of amides is 1. The molecule has 1 atom stereocenters. The highest BCUT2D eigenvalue weighted by Crippen LogP contribution is 2.15. The van der Waals surface area contributed by atoms with E-state index in [2.05, 4.69) is 10.6 Å². The average molecular weight is 262 g/mol. The zero-order chi connectivity index (χ0) is 13.1. The lowest BCUT2D eigenvalue weighted by Gasteiger charge is -2.26. The number of sulfone groups is 1. The van der Waals surface area contributed by atoms with Gasteiger partial charge in [0.25, 0.3) is 0 Å². The zero-order valence-electron chi connectivity index (χ0n) is 10.7. The van der Waals surface area contributed by atoms with Gasteiger partial charge < -0.3 is 10.6 Å². The van der Waals surface area contributed by atoms with Gasteiger partial charge in [0.15, 0.2) is 9.84 Å². The van der Waals surface area contributed by atoms with Gasteiger partial charge in [-0.25, -0.2) is 8.42 Å². The summed E-state index contributed by atoms with van der Waals surface area (Å²) in [4.78, 5) is 11.8. The summed E-state index contributed by atoms with van der Waals surface area (Å²) in [5.74, 6) is -0.0759. The quantitative estimate of drug-likeness (QED) is 0.743. The van der Waals surface area contributed by atoms with Gasteiger partial charge in [0, 0.05) is 19.3 Å². The van der Waals surface area contributed by atoms with Crippen molar-refractivity contribution >= 4 is 15.7 Å². The molecule has 100 valence electrons. The van der Waals surface area contributed by atoms with Crippen LogP contribution in [0.5, 0.6) is 0 Å². The molecule has 1 aliphatic heterocycles. The molecular formula is C11H22N2O3S. The molecule has 0 spiro atoms. The first-order valence-corrected chi connectivity index (χ1v) is 7.81. The molecule has 1 fully saturated rings. The zero-order valence-corrected chi connectivity index (χ0v) is 11.6. The number of carbonyl (C=O) groups excluding carboxylic acids is 1. The fourth-order valence-electron chi connectivity index (χ4n) is 1.65. The van der Waals surface area contributed by atoms with Crippen molar-refractivity contribution in [1.82, 2.24) is 10.6 Å². The van der Waals surface area contributed by atoms with Crippen LogP contribution in [0, 0.1) is 5.92 Å². The Morgan fingerprint density at radius 3 is 2.59 bits per heavy atom. The van der Waals surface area contributed by atoms with Crippen molar-refractivity contribution in [3.8, 4) is 0 Å². The molecule has 0 radical (unpaired) electrons. The number of hydrogen-bond donors (Lipinski definition) is 2. The van der Waals surface area contributed by atoms with Gasteiger partial charge in [0.2, 0.25) is 5.91 Å². The van der Waals surface area contributed by atoms with E-state index in [9.17, 15) is 13.2 Å². The Bertz CT molecular complexity index is 370. The Balaban J connectivity index is 2.47. The molecule has 0 aromatic heterocycles. The van der Waals surface area contributed by atoms with Gasteiger partial charge in [-0.3, -0.25) is 4.79 Å². The van der Waals surface area contributed by atoms with E-state index in [-0.39, 0.29) is 18.4 Å². The third-order valence-electron chi connectivity index (χ3n) is 3.36. The lowest BCUT2D eigenvalue weighted by atomic mass is 9.98. The maximum absolute atomic E-state index is 11.8. The molecule has 0 aliphatic carbocycles. The number of nitrogens with one attached hydrogen (secondary N) is 2. The predicted molar refractivity (Wildman–Crippen MR) is 67.5 cm³/mol. The van der Waals surface area contributed by atoms with Gasteiger partial charge in [-0.2, -0.15) is 0 Å². The fourth-order valence-corrected chi connectivity index (χ4v) is 1.99. The van der Waals surface area contributed by atoms with Crippen LogP contribution in [0.25, 0.3) is 0 Å². The number of rotatable bonds is 4. The van der Waals surface area contributed by atoms with Gasteiger partial charge in [0.05, 0.1) is 10.7 Å². The van der Waals surface area contributed by atoms with Crippen molar-refractivity contribution in [2.75, 3.05) is 25.9 Å². The first-order valence-electron chi connectivity index (χ1n) is 5.92. The molecular weight excluding hydrogens is 240 g/mol. The third kappa shape index (κ3) is 3.96. The highest BCUT2D eigenvalue weighted by molar-refractivity contribution is 7.92. The summed E-state index contributed by atoms with van der Waals surface area (Å²) in [5.41, 5.74) is 0. The summed E-state index contributed by atoms with van der Waals surface area (Å²) in [7, 11) is -3.16. The number of carbonyl (C=O) groups is 1. The van der Waals surface area contributed by atoms with Crippen molar-refractivity contribution in [3.05, 3.63) is 0 Å². The maximum Gasteiger partial charge on any atom is 0.224 e. The van der Waals surface area contributed by atoms with Gasteiger partial charge in [-0.05, 0) is 33.2 Å². The molecule has 2 N–H and O–H groups in total. The summed E-state index contributed by atoms with van der Waals surface area (Å²) in [5, 5.41) is 5.91. The minimum absolute atomic E-state index is 0.0286. The van der Waals surface area contributed by atoms with E-state index in [0.717, 1.165) is 19.4 Å². The molecule has 0 aromatic carbocycles. The second-order valence-corrected chi connectivity index (χ2v) is 7.94. The van der Waals surface area contributed by atoms with Crippen LogP contribution in [0.3, 0.4) is 0 Å². The van der Waals surface area contributed by atoms with Crippen molar-refractivity contribution in [3.63, 3.8) is 0 Å². The molecule has 1 amide bonds. The molecule has 0 bridgehead atoms. The van der Waals surface area contributed by atoms with E-state index >= 15 is 0 Å². The van der Waals surface area contributed by atoms with Crippen molar-refractivity contribution in [2.45, 2.75) is 31.4 Å². The normalized spacial score (nSPS) is 22.2. The second kappa shape index (κ2) is 5.35.